The fourth-order valence-corrected chi connectivity index (χ4v) is 3.77. The first-order chi connectivity index (χ1) is 11.8. The maximum Gasteiger partial charge on any atom is 0.313 e. The van der Waals surface area contributed by atoms with E-state index in [4.69, 9.17) is 16.3 Å². The standard InChI is InChI=1S/C17H17ClFNO5/c1-24-15(23)5-13(21)16-7-17(8-16,9-16)20-14(22)6-25-10-2-3-11(18)12(19)4-10/h2-4H,5-9H2,1H3,(H,20,22). The normalized spacial score (nSPS) is 26.0. The molecule has 2 bridgehead atoms. The summed E-state index contributed by atoms with van der Waals surface area (Å²) in [5.41, 5.74) is -0.890. The van der Waals surface area contributed by atoms with Gasteiger partial charge in [0.1, 0.15) is 23.8 Å². The molecule has 0 saturated heterocycles. The first kappa shape index (κ1) is 17.7. The number of hydrogen-bond acceptors (Lipinski definition) is 5. The van der Waals surface area contributed by atoms with Crippen LogP contribution in [-0.2, 0) is 19.1 Å². The minimum atomic E-state index is -0.620. The van der Waals surface area contributed by atoms with Crippen molar-refractivity contribution in [1.82, 2.24) is 5.32 Å². The number of nitrogens with one attached hydrogen (secondary N) is 1. The molecule has 0 aromatic heterocycles. The maximum absolute atomic E-state index is 13.3. The van der Waals surface area contributed by atoms with Gasteiger partial charge in [0.25, 0.3) is 5.91 Å². The molecule has 1 aromatic rings. The van der Waals surface area contributed by atoms with Crippen molar-refractivity contribution in [2.45, 2.75) is 31.2 Å². The lowest BCUT2D eigenvalue weighted by molar-refractivity contribution is -0.183. The Bertz CT molecular complexity index is 731. The monoisotopic (exact) mass is 369 g/mol. The predicted molar refractivity (Wildman–Crippen MR) is 85.7 cm³/mol. The van der Waals surface area contributed by atoms with Crippen LogP contribution in [0.15, 0.2) is 18.2 Å². The van der Waals surface area contributed by atoms with Crippen molar-refractivity contribution in [3.05, 3.63) is 29.0 Å². The van der Waals surface area contributed by atoms with Gasteiger partial charge in [-0.2, -0.15) is 0 Å². The summed E-state index contributed by atoms with van der Waals surface area (Å²) in [6, 6.07) is 3.93. The number of ether oxygens (including phenoxy) is 2. The van der Waals surface area contributed by atoms with E-state index in [1.807, 2.05) is 0 Å². The minimum Gasteiger partial charge on any atom is -0.484 e. The van der Waals surface area contributed by atoms with E-state index in [1.54, 1.807) is 0 Å². The van der Waals surface area contributed by atoms with Crippen molar-refractivity contribution >= 4 is 29.3 Å². The number of esters is 1. The highest BCUT2D eigenvalue weighted by Crippen LogP contribution is 2.67. The zero-order valence-corrected chi connectivity index (χ0v) is 14.3. The van der Waals surface area contributed by atoms with Crippen molar-refractivity contribution in [2.75, 3.05) is 13.7 Å². The molecule has 4 rings (SSSR count). The number of rotatable bonds is 7. The van der Waals surface area contributed by atoms with E-state index >= 15 is 0 Å². The van der Waals surface area contributed by atoms with Crippen LogP contribution in [0, 0.1) is 11.2 Å². The van der Waals surface area contributed by atoms with E-state index in [1.165, 1.54) is 19.2 Å². The average molecular weight is 370 g/mol. The Labute approximate surface area is 148 Å². The summed E-state index contributed by atoms with van der Waals surface area (Å²) in [7, 11) is 1.24. The summed E-state index contributed by atoms with van der Waals surface area (Å²) in [5, 5.41) is 2.83. The van der Waals surface area contributed by atoms with E-state index in [0.717, 1.165) is 6.07 Å². The van der Waals surface area contributed by atoms with E-state index < -0.39 is 22.7 Å². The van der Waals surface area contributed by atoms with Crippen molar-refractivity contribution in [3.63, 3.8) is 0 Å². The van der Waals surface area contributed by atoms with Gasteiger partial charge in [-0.15, -0.1) is 0 Å². The molecule has 6 nitrogen and oxygen atoms in total. The molecule has 3 fully saturated rings. The Balaban J connectivity index is 1.44. The summed E-state index contributed by atoms with van der Waals surface area (Å²) in [6.45, 7) is -0.258. The molecule has 8 heteroatoms. The molecule has 0 aliphatic heterocycles. The Kier molecular flexibility index (Phi) is 4.45. The molecule has 0 atom stereocenters. The molecule has 0 unspecified atom stereocenters. The van der Waals surface area contributed by atoms with Gasteiger partial charge in [0.2, 0.25) is 0 Å². The van der Waals surface area contributed by atoms with Crippen molar-refractivity contribution < 1.29 is 28.2 Å². The molecular formula is C17H17ClFNO5. The van der Waals surface area contributed by atoms with Gasteiger partial charge in [0.05, 0.1) is 12.1 Å². The molecule has 25 heavy (non-hydrogen) atoms. The molecule has 134 valence electrons. The molecular weight excluding hydrogens is 353 g/mol. The quantitative estimate of drug-likeness (QED) is 0.587. The van der Waals surface area contributed by atoms with Gasteiger partial charge in [0.15, 0.2) is 6.61 Å². The van der Waals surface area contributed by atoms with Crippen LogP contribution >= 0.6 is 11.6 Å². The highest BCUT2D eigenvalue weighted by Gasteiger charge is 2.71. The number of hydrogen-bond donors (Lipinski definition) is 1. The Morgan fingerprint density at radius 1 is 1.28 bits per heavy atom. The van der Waals surface area contributed by atoms with Gasteiger partial charge >= 0.3 is 5.97 Å². The zero-order chi connectivity index (χ0) is 18.2. The fraction of sp³-hybridized carbons (Fsp3) is 0.471. The molecule has 3 aliphatic rings. The van der Waals surface area contributed by atoms with Crippen LogP contribution in [0.25, 0.3) is 0 Å². The lowest BCUT2D eigenvalue weighted by atomic mass is 9.38. The van der Waals surface area contributed by atoms with Crippen LogP contribution in [-0.4, -0.2) is 36.9 Å². The third-order valence-electron chi connectivity index (χ3n) is 4.82. The van der Waals surface area contributed by atoms with Gasteiger partial charge in [-0.25, -0.2) is 4.39 Å². The molecule has 3 aliphatic carbocycles. The van der Waals surface area contributed by atoms with Gasteiger partial charge in [-0.3, -0.25) is 14.4 Å². The topological polar surface area (TPSA) is 81.7 Å². The molecule has 1 N–H and O–H groups in total. The van der Waals surface area contributed by atoms with Crippen LogP contribution in [0.3, 0.4) is 0 Å². The first-order valence-electron chi connectivity index (χ1n) is 7.77. The summed E-state index contributed by atoms with van der Waals surface area (Å²) in [4.78, 5) is 35.2. The lowest BCUT2D eigenvalue weighted by Crippen LogP contribution is -2.77. The maximum atomic E-state index is 13.3. The molecule has 0 heterocycles. The van der Waals surface area contributed by atoms with Crippen LogP contribution in [0.1, 0.15) is 25.7 Å². The SMILES string of the molecule is COC(=O)CC(=O)C12CC(NC(=O)COc3ccc(Cl)c(F)c3)(C1)C2. The number of carbonyl (C=O) groups is 3. The molecule has 0 spiro atoms. The number of carbonyl (C=O) groups excluding carboxylic acids is 3. The Morgan fingerprint density at radius 2 is 1.96 bits per heavy atom. The molecule has 3 saturated carbocycles. The second kappa shape index (κ2) is 6.29. The number of Topliss-reactive ketones (excluding diaryl/α,β-unsaturated/α-hetero) is 1. The third-order valence-corrected chi connectivity index (χ3v) is 5.13. The van der Waals surface area contributed by atoms with Gasteiger partial charge in [0, 0.05) is 17.0 Å². The highest BCUT2D eigenvalue weighted by molar-refractivity contribution is 6.30. The molecule has 1 aromatic carbocycles. The Morgan fingerprint density at radius 3 is 2.56 bits per heavy atom. The molecule has 0 radical (unpaired) electrons. The predicted octanol–water partition coefficient (Wildman–Crippen LogP) is 2.03. The largest absolute Gasteiger partial charge is 0.484 e. The number of halogens is 2. The van der Waals surface area contributed by atoms with Crippen molar-refractivity contribution in [2.24, 2.45) is 5.41 Å². The average Bonchev–Trinajstić information content (AvgIpc) is 2.50. The van der Waals surface area contributed by atoms with Crippen LogP contribution in [0.4, 0.5) is 4.39 Å². The van der Waals surface area contributed by atoms with Gasteiger partial charge in [-0.05, 0) is 31.4 Å². The van der Waals surface area contributed by atoms with Crippen LogP contribution < -0.4 is 10.1 Å². The lowest BCUT2D eigenvalue weighted by Gasteiger charge is -2.69. The fourth-order valence-electron chi connectivity index (χ4n) is 3.65. The van der Waals surface area contributed by atoms with E-state index in [2.05, 4.69) is 10.1 Å². The van der Waals surface area contributed by atoms with Crippen LogP contribution in [0.2, 0.25) is 5.02 Å². The summed E-state index contributed by atoms with van der Waals surface area (Å²) in [5.74, 6) is -1.44. The van der Waals surface area contributed by atoms with Crippen molar-refractivity contribution in [1.29, 1.82) is 0 Å². The number of ketones is 1. The van der Waals surface area contributed by atoms with Gasteiger partial charge in [-0.1, -0.05) is 11.6 Å². The number of amides is 1. The third kappa shape index (κ3) is 3.33. The molecule has 1 amide bonds. The zero-order valence-electron chi connectivity index (χ0n) is 13.6. The highest BCUT2D eigenvalue weighted by atomic mass is 35.5. The number of benzene rings is 1. The summed E-state index contributed by atoms with van der Waals surface area (Å²) >= 11 is 5.58. The first-order valence-corrected chi connectivity index (χ1v) is 8.14. The van der Waals surface area contributed by atoms with Crippen LogP contribution in [0.5, 0.6) is 5.75 Å². The van der Waals surface area contributed by atoms with Gasteiger partial charge < -0.3 is 14.8 Å². The van der Waals surface area contributed by atoms with E-state index in [9.17, 15) is 18.8 Å². The van der Waals surface area contributed by atoms with Crippen molar-refractivity contribution in [3.8, 4) is 5.75 Å². The van der Waals surface area contributed by atoms with E-state index in [-0.39, 0.29) is 35.5 Å². The summed E-state index contributed by atoms with van der Waals surface area (Å²) < 4.78 is 23.0. The minimum absolute atomic E-state index is 0.0208. The Hall–Kier alpha value is -2.15. The summed E-state index contributed by atoms with van der Waals surface area (Å²) in [6.07, 6.45) is 1.34. The second-order valence-electron chi connectivity index (χ2n) is 6.68. The number of methoxy groups -OCH3 is 1. The smallest absolute Gasteiger partial charge is 0.313 e. The second-order valence-corrected chi connectivity index (χ2v) is 7.09. The van der Waals surface area contributed by atoms with E-state index in [0.29, 0.717) is 19.3 Å².